The van der Waals surface area contributed by atoms with Crippen molar-refractivity contribution >= 4 is 27.6 Å². The molecule has 1 unspecified atom stereocenters. The Labute approximate surface area is 187 Å². The maximum Gasteiger partial charge on any atom is 0.329 e. The van der Waals surface area contributed by atoms with Gasteiger partial charge in [-0.05, 0) is 38.5 Å². The van der Waals surface area contributed by atoms with Crippen LogP contribution < -0.4 is 24.4 Å². The molecule has 1 atom stereocenters. The number of anilines is 1. The molecule has 0 bridgehead atoms. The fourth-order valence-corrected chi connectivity index (χ4v) is 3.58. The van der Waals surface area contributed by atoms with Crippen molar-refractivity contribution in [1.82, 2.24) is 10.0 Å². The maximum atomic E-state index is 13.3. The minimum Gasteiger partial charge on any atom is -0.454 e. The monoisotopic (exact) mass is 461 g/mol. The van der Waals surface area contributed by atoms with Crippen molar-refractivity contribution in [2.24, 2.45) is 0 Å². The number of nitrogens with one attached hydrogen (secondary N) is 2. The van der Waals surface area contributed by atoms with E-state index in [0.29, 0.717) is 17.2 Å². The molecule has 3 amide bonds. The number of hydrogen-bond donors (Lipinski definition) is 2. The Balaban J connectivity index is 1.81. The van der Waals surface area contributed by atoms with Gasteiger partial charge in [0.15, 0.2) is 11.5 Å². The SMILES string of the molecule is CN(C(=O)C(Cc1ccccc1)NC(=O)NS(=O)(=O)C(C)(C)C)c1ccc2c(c1)OCO2. The Hall–Kier alpha value is -3.27. The van der Waals surface area contributed by atoms with E-state index in [9.17, 15) is 18.0 Å². The predicted octanol–water partition coefficient (Wildman–Crippen LogP) is 2.42. The lowest BCUT2D eigenvalue weighted by atomic mass is 10.0. The number of carbonyl (C=O) groups excluding carboxylic acids is 2. The zero-order valence-electron chi connectivity index (χ0n) is 18.4. The number of hydrogen-bond acceptors (Lipinski definition) is 6. The normalized spacial score (nSPS) is 13.9. The number of urea groups is 1. The van der Waals surface area contributed by atoms with E-state index in [0.717, 1.165) is 5.56 Å². The van der Waals surface area contributed by atoms with Crippen molar-refractivity contribution in [3.63, 3.8) is 0 Å². The first-order chi connectivity index (χ1) is 15.0. The molecule has 32 heavy (non-hydrogen) atoms. The summed E-state index contributed by atoms with van der Waals surface area (Å²) in [6, 6.07) is 12.2. The summed E-state index contributed by atoms with van der Waals surface area (Å²) >= 11 is 0. The quantitative estimate of drug-likeness (QED) is 0.683. The van der Waals surface area contributed by atoms with E-state index in [1.165, 1.54) is 25.7 Å². The van der Waals surface area contributed by atoms with Gasteiger partial charge in [-0.15, -0.1) is 0 Å². The van der Waals surface area contributed by atoms with Crippen molar-refractivity contribution in [3.05, 3.63) is 54.1 Å². The van der Waals surface area contributed by atoms with Crippen LogP contribution in [0.4, 0.5) is 10.5 Å². The Morgan fingerprint density at radius 3 is 2.38 bits per heavy atom. The number of ether oxygens (including phenoxy) is 2. The summed E-state index contributed by atoms with van der Waals surface area (Å²) in [4.78, 5) is 27.2. The van der Waals surface area contributed by atoms with Gasteiger partial charge in [-0.25, -0.2) is 17.9 Å². The molecule has 2 aromatic rings. The first-order valence-corrected chi connectivity index (χ1v) is 11.5. The van der Waals surface area contributed by atoms with Gasteiger partial charge >= 0.3 is 6.03 Å². The minimum absolute atomic E-state index is 0.108. The molecule has 3 rings (SSSR count). The lowest BCUT2D eigenvalue weighted by Gasteiger charge is -2.26. The number of nitrogens with zero attached hydrogens (tertiary/aromatic N) is 1. The molecule has 0 saturated heterocycles. The van der Waals surface area contributed by atoms with Gasteiger partial charge in [0.2, 0.25) is 22.7 Å². The van der Waals surface area contributed by atoms with Crippen LogP contribution in [-0.4, -0.2) is 45.0 Å². The second-order valence-electron chi connectivity index (χ2n) is 8.37. The van der Waals surface area contributed by atoms with E-state index in [-0.39, 0.29) is 13.2 Å². The summed E-state index contributed by atoms with van der Waals surface area (Å²) in [5, 5.41) is 2.52. The number of benzene rings is 2. The van der Waals surface area contributed by atoms with Crippen LogP contribution in [0, 0.1) is 0 Å². The smallest absolute Gasteiger partial charge is 0.329 e. The lowest BCUT2D eigenvalue weighted by molar-refractivity contribution is -0.120. The second-order valence-corrected chi connectivity index (χ2v) is 10.8. The fourth-order valence-electron chi connectivity index (χ4n) is 2.97. The van der Waals surface area contributed by atoms with Gasteiger partial charge in [0.05, 0.1) is 4.75 Å². The van der Waals surface area contributed by atoms with Gasteiger partial charge in [-0.2, -0.15) is 0 Å². The molecule has 1 heterocycles. The van der Waals surface area contributed by atoms with E-state index in [4.69, 9.17) is 9.47 Å². The Kier molecular flexibility index (Phi) is 6.63. The average molecular weight is 462 g/mol. The molecule has 0 radical (unpaired) electrons. The molecule has 0 aromatic heterocycles. The molecule has 0 aliphatic carbocycles. The second kappa shape index (κ2) is 9.07. The number of fused-ring (bicyclic) bond motifs is 1. The number of amides is 3. The largest absolute Gasteiger partial charge is 0.454 e. The van der Waals surface area contributed by atoms with Crippen LogP contribution in [0.2, 0.25) is 0 Å². The maximum absolute atomic E-state index is 13.3. The first kappa shape index (κ1) is 23.4. The van der Waals surface area contributed by atoms with Crippen LogP contribution in [0.1, 0.15) is 26.3 Å². The third-order valence-electron chi connectivity index (χ3n) is 4.99. The van der Waals surface area contributed by atoms with E-state index >= 15 is 0 Å². The zero-order chi connectivity index (χ0) is 23.5. The summed E-state index contributed by atoms with van der Waals surface area (Å²) in [6.07, 6.45) is 0.178. The van der Waals surface area contributed by atoms with E-state index in [1.54, 1.807) is 25.2 Å². The highest BCUT2D eigenvalue weighted by Crippen LogP contribution is 2.35. The Bertz CT molecular complexity index is 1100. The van der Waals surface area contributed by atoms with E-state index in [2.05, 4.69) is 5.32 Å². The topological polar surface area (TPSA) is 114 Å². The third-order valence-corrected chi connectivity index (χ3v) is 7.06. The van der Waals surface area contributed by atoms with E-state index < -0.39 is 32.8 Å². The average Bonchev–Trinajstić information content (AvgIpc) is 3.19. The van der Waals surface area contributed by atoms with Crippen LogP contribution in [-0.2, 0) is 21.2 Å². The minimum atomic E-state index is -3.94. The molecule has 2 N–H and O–H groups in total. The molecule has 2 aromatic carbocycles. The van der Waals surface area contributed by atoms with Crippen molar-refractivity contribution in [3.8, 4) is 11.5 Å². The third kappa shape index (κ3) is 5.31. The molecule has 0 spiro atoms. The molecule has 1 aliphatic rings. The van der Waals surface area contributed by atoms with Gasteiger partial charge in [0, 0.05) is 25.2 Å². The van der Waals surface area contributed by atoms with Gasteiger partial charge in [0.25, 0.3) is 0 Å². The summed E-state index contributed by atoms with van der Waals surface area (Å²) in [7, 11) is -2.36. The summed E-state index contributed by atoms with van der Waals surface area (Å²) in [6.45, 7) is 4.53. The predicted molar refractivity (Wildman–Crippen MR) is 120 cm³/mol. The molecule has 9 nitrogen and oxygen atoms in total. The zero-order valence-corrected chi connectivity index (χ0v) is 19.2. The van der Waals surface area contributed by atoms with Gasteiger partial charge in [0.1, 0.15) is 6.04 Å². The summed E-state index contributed by atoms with van der Waals surface area (Å²) < 4.78 is 36.2. The molecule has 172 valence electrons. The molecular weight excluding hydrogens is 434 g/mol. The summed E-state index contributed by atoms with van der Waals surface area (Å²) in [5.41, 5.74) is 1.35. The summed E-state index contributed by atoms with van der Waals surface area (Å²) in [5.74, 6) is 0.681. The standard InChI is InChI=1S/C22H27N3O6S/c1-22(2,3)32(28,29)24-21(27)23-17(12-15-8-6-5-7-9-15)20(26)25(4)16-10-11-18-19(13-16)31-14-30-18/h5-11,13,17H,12,14H2,1-4H3,(H2,23,24,27). The molecule has 10 heteroatoms. The fraction of sp³-hybridized carbons (Fsp3) is 0.364. The van der Waals surface area contributed by atoms with Crippen LogP contribution in [0.25, 0.3) is 0 Å². The van der Waals surface area contributed by atoms with E-state index in [1.807, 2.05) is 35.1 Å². The Morgan fingerprint density at radius 2 is 1.72 bits per heavy atom. The highest BCUT2D eigenvalue weighted by molar-refractivity contribution is 7.91. The van der Waals surface area contributed by atoms with Crippen molar-refractivity contribution in [1.29, 1.82) is 0 Å². The van der Waals surface area contributed by atoms with Gasteiger partial charge < -0.3 is 19.7 Å². The number of sulfonamides is 1. The number of rotatable bonds is 6. The molecule has 0 fully saturated rings. The number of carbonyl (C=O) groups is 2. The highest BCUT2D eigenvalue weighted by atomic mass is 32.2. The molecular formula is C22H27N3O6S. The first-order valence-electron chi connectivity index (χ1n) is 10.0. The molecule has 0 saturated carbocycles. The van der Waals surface area contributed by atoms with Crippen LogP contribution >= 0.6 is 0 Å². The Morgan fingerprint density at radius 1 is 1.06 bits per heavy atom. The van der Waals surface area contributed by atoms with Crippen molar-refractivity contribution in [2.45, 2.75) is 38.0 Å². The van der Waals surface area contributed by atoms with Crippen molar-refractivity contribution < 1.29 is 27.5 Å². The van der Waals surface area contributed by atoms with Crippen molar-refractivity contribution in [2.75, 3.05) is 18.7 Å². The van der Waals surface area contributed by atoms with Crippen LogP contribution in [0.5, 0.6) is 11.5 Å². The number of likely N-dealkylation sites (N-methyl/N-ethyl adjacent to an activating group) is 1. The van der Waals surface area contributed by atoms with Gasteiger partial charge in [-0.1, -0.05) is 30.3 Å². The lowest BCUT2D eigenvalue weighted by Crippen LogP contribution is -2.54. The van der Waals surface area contributed by atoms with Crippen LogP contribution in [0.15, 0.2) is 48.5 Å². The highest BCUT2D eigenvalue weighted by Gasteiger charge is 2.33. The van der Waals surface area contributed by atoms with Gasteiger partial charge in [-0.3, -0.25) is 4.79 Å². The molecule has 1 aliphatic heterocycles. The van der Waals surface area contributed by atoms with Crippen LogP contribution in [0.3, 0.4) is 0 Å².